The second-order valence-electron chi connectivity index (χ2n) is 8.05. The van der Waals surface area contributed by atoms with Crippen LogP contribution in [0.25, 0.3) is 0 Å². The molecule has 0 amide bonds. The molecule has 0 bridgehead atoms. The molecule has 0 aromatic heterocycles. The Morgan fingerprint density at radius 3 is 1.95 bits per heavy atom. The van der Waals surface area contributed by atoms with Crippen molar-refractivity contribution in [2.75, 3.05) is 0 Å². The number of hydrogen-bond acceptors (Lipinski definition) is 1. The molecule has 1 nitrogen and oxygen atoms in total. The highest BCUT2D eigenvalue weighted by molar-refractivity contribution is 5.54. The van der Waals surface area contributed by atoms with Crippen LogP contribution in [0.1, 0.15) is 83.6 Å². The predicted octanol–water partition coefficient (Wildman–Crippen LogP) is 5.64. The lowest BCUT2D eigenvalue weighted by atomic mass is 9.75. The van der Waals surface area contributed by atoms with Gasteiger partial charge >= 0.3 is 0 Å². The highest BCUT2D eigenvalue weighted by Crippen LogP contribution is 2.42. The Balaban J connectivity index is 3.59. The summed E-state index contributed by atoms with van der Waals surface area (Å²) < 4.78 is 0. The molecule has 1 aromatic carbocycles. The van der Waals surface area contributed by atoms with Gasteiger partial charge < -0.3 is 5.11 Å². The molecule has 1 heteroatoms. The lowest BCUT2D eigenvalue weighted by Gasteiger charge is -2.31. The molecule has 0 atom stereocenters. The van der Waals surface area contributed by atoms with Gasteiger partial charge in [0.25, 0.3) is 0 Å². The lowest BCUT2D eigenvalue weighted by Crippen LogP contribution is -2.20. The number of aromatic hydroxyl groups is 1. The molecule has 1 rings (SSSR count). The topological polar surface area (TPSA) is 20.2 Å². The minimum atomic E-state index is -0.0296. The van der Waals surface area contributed by atoms with Gasteiger partial charge in [0.1, 0.15) is 5.75 Å². The van der Waals surface area contributed by atoms with Gasteiger partial charge in [0.2, 0.25) is 0 Å². The third-order valence-electron chi connectivity index (χ3n) is 3.97. The summed E-state index contributed by atoms with van der Waals surface area (Å²) in [5.74, 6) is 0.515. The summed E-state index contributed by atoms with van der Waals surface area (Å²) in [4.78, 5) is 0. The van der Waals surface area contributed by atoms with Crippen LogP contribution in [0.15, 0.2) is 6.07 Å². The van der Waals surface area contributed by atoms with Crippen molar-refractivity contribution >= 4 is 0 Å². The summed E-state index contributed by atoms with van der Waals surface area (Å²) in [6, 6.07) is 2.19. The summed E-state index contributed by atoms with van der Waals surface area (Å²) >= 11 is 0. The molecule has 1 N–H and O–H groups in total. The molecule has 0 spiro atoms. The quantitative estimate of drug-likeness (QED) is 0.757. The summed E-state index contributed by atoms with van der Waals surface area (Å²) in [5, 5.41) is 10.9. The van der Waals surface area contributed by atoms with Crippen molar-refractivity contribution in [2.45, 2.75) is 85.5 Å². The van der Waals surface area contributed by atoms with Crippen molar-refractivity contribution < 1.29 is 5.11 Å². The maximum absolute atomic E-state index is 10.9. The molecule has 0 saturated heterocycles. The highest BCUT2D eigenvalue weighted by Gasteiger charge is 2.29. The molecule has 0 heterocycles. The summed E-state index contributed by atoms with van der Waals surface area (Å²) in [6.45, 7) is 17.5. The number of hydrogen-bond donors (Lipinski definition) is 1. The van der Waals surface area contributed by atoms with Crippen molar-refractivity contribution in [1.29, 1.82) is 0 Å². The van der Waals surface area contributed by atoms with E-state index in [1.165, 1.54) is 24.0 Å². The summed E-state index contributed by atoms with van der Waals surface area (Å²) in [6.07, 6.45) is 3.43. The highest BCUT2D eigenvalue weighted by atomic mass is 16.3. The Morgan fingerprint density at radius 2 is 1.55 bits per heavy atom. The fraction of sp³-hybridized carbons (Fsp3) is 0.684. The zero-order chi connectivity index (χ0) is 15.7. The number of benzene rings is 1. The van der Waals surface area contributed by atoms with Crippen LogP contribution in [0, 0.1) is 6.92 Å². The number of phenols is 1. The molecule has 0 aliphatic heterocycles. The summed E-state index contributed by atoms with van der Waals surface area (Å²) in [7, 11) is 0. The fourth-order valence-corrected chi connectivity index (χ4v) is 2.90. The average molecular weight is 276 g/mol. The van der Waals surface area contributed by atoms with E-state index in [0.717, 1.165) is 17.5 Å². The number of phenolic OH excluding ortho intramolecular Hbond substituents is 1. The van der Waals surface area contributed by atoms with E-state index < -0.39 is 0 Å². The van der Waals surface area contributed by atoms with Gasteiger partial charge in [-0.1, -0.05) is 61.0 Å². The van der Waals surface area contributed by atoms with E-state index in [2.05, 4.69) is 61.5 Å². The van der Waals surface area contributed by atoms with Crippen LogP contribution in [0.3, 0.4) is 0 Å². The van der Waals surface area contributed by atoms with Gasteiger partial charge in [0.05, 0.1) is 0 Å². The van der Waals surface area contributed by atoms with Gasteiger partial charge in [-0.3, -0.25) is 0 Å². The lowest BCUT2D eigenvalue weighted by molar-refractivity contribution is 0.420. The van der Waals surface area contributed by atoms with Crippen molar-refractivity contribution in [3.63, 3.8) is 0 Å². The van der Waals surface area contributed by atoms with Crippen molar-refractivity contribution in [3.05, 3.63) is 28.3 Å². The predicted molar refractivity (Wildman–Crippen MR) is 88.9 cm³/mol. The first-order chi connectivity index (χ1) is 9.00. The smallest absolute Gasteiger partial charge is 0.123 e. The van der Waals surface area contributed by atoms with Crippen LogP contribution < -0.4 is 0 Å². The first-order valence-corrected chi connectivity index (χ1v) is 7.86. The van der Waals surface area contributed by atoms with Crippen molar-refractivity contribution in [2.24, 2.45) is 0 Å². The average Bonchev–Trinajstić information content (AvgIpc) is 2.26. The van der Waals surface area contributed by atoms with Gasteiger partial charge in [-0.2, -0.15) is 0 Å². The molecular weight excluding hydrogens is 244 g/mol. The standard InChI is InChI=1S/C19H32O/c1-9-10-11-14-13(2)12-15(18(3,4)5)17(20)16(14)19(6,7)8/h12,20H,9-11H2,1-8H3. The monoisotopic (exact) mass is 276 g/mol. The zero-order valence-electron chi connectivity index (χ0n) is 14.6. The Morgan fingerprint density at radius 1 is 1.00 bits per heavy atom. The van der Waals surface area contributed by atoms with E-state index in [0.29, 0.717) is 5.75 Å². The molecule has 0 unspecified atom stereocenters. The molecule has 20 heavy (non-hydrogen) atoms. The molecule has 0 fully saturated rings. The first-order valence-electron chi connectivity index (χ1n) is 7.86. The van der Waals surface area contributed by atoms with Crippen LogP contribution in [-0.2, 0) is 17.3 Å². The molecule has 0 aliphatic carbocycles. The van der Waals surface area contributed by atoms with Crippen LogP contribution in [0.2, 0.25) is 0 Å². The van der Waals surface area contributed by atoms with E-state index in [-0.39, 0.29) is 10.8 Å². The van der Waals surface area contributed by atoms with E-state index in [9.17, 15) is 5.11 Å². The first kappa shape index (κ1) is 17.1. The SMILES string of the molecule is CCCCc1c(C)cc(C(C)(C)C)c(O)c1C(C)(C)C. The van der Waals surface area contributed by atoms with E-state index >= 15 is 0 Å². The molecule has 0 saturated carbocycles. The minimum Gasteiger partial charge on any atom is -0.507 e. The number of aryl methyl sites for hydroxylation is 1. The second kappa shape index (κ2) is 5.79. The Hall–Kier alpha value is -0.980. The Kier molecular flexibility index (Phi) is 4.94. The van der Waals surface area contributed by atoms with Gasteiger partial charge in [0, 0.05) is 5.56 Å². The fourth-order valence-electron chi connectivity index (χ4n) is 2.90. The largest absolute Gasteiger partial charge is 0.507 e. The summed E-state index contributed by atoms with van der Waals surface area (Å²) in [5.41, 5.74) is 4.84. The third-order valence-corrected chi connectivity index (χ3v) is 3.97. The minimum absolute atomic E-state index is 0.0286. The second-order valence-corrected chi connectivity index (χ2v) is 8.05. The number of rotatable bonds is 3. The van der Waals surface area contributed by atoms with E-state index in [4.69, 9.17) is 0 Å². The maximum Gasteiger partial charge on any atom is 0.123 e. The molecular formula is C19H32O. The molecule has 0 radical (unpaired) electrons. The zero-order valence-corrected chi connectivity index (χ0v) is 14.6. The van der Waals surface area contributed by atoms with Crippen molar-refractivity contribution in [1.82, 2.24) is 0 Å². The maximum atomic E-state index is 10.9. The normalized spacial score (nSPS) is 12.8. The number of unbranched alkanes of at least 4 members (excludes halogenated alkanes) is 1. The Labute approximate surface area is 125 Å². The van der Waals surface area contributed by atoms with Crippen LogP contribution >= 0.6 is 0 Å². The van der Waals surface area contributed by atoms with E-state index in [1.807, 2.05) is 0 Å². The van der Waals surface area contributed by atoms with E-state index in [1.54, 1.807) is 0 Å². The van der Waals surface area contributed by atoms with Crippen LogP contribution in [0.5, 0.6) is 5.75 Å². The van der Waals surface area contributed by atoms with Gasteiger partial charge in [-0.15, -0.1) is 0 Å². The van der Waals surface area contributed by atoms with Gasteiger partial charge in [-0.25, -0.2) is 0 Å². The third kappa shape index (κ3) is 3.56. The molecule has 0 aliphatic rings. The van der Waals surface area contributed by atoms with Gasteiger partial charge in [0.15, 0.2) is 0 Å². The Bertz CT molecular complexity index is 470. The van der Waals surface area contributed by atoms with Gasteiger partial charge in [-0.05, 0) is 47.3 Å². The van der Waals surface area contributed by atoms with Crippen LogP contribution in [0.4, 0.5) is 0 Å². The van der Waals surface area contributed by atoms with Crippen molar-refractivity contribution in [3.8, 4) is 5.75 Å². The molecule has 1 aromatic rings. The molecule has 114 valence electrons. The van der Waals surface area contributed by atoms with Crippen LogP contribution in [-0.4, -0.2) is 5.11 Å².